The van der Waals surface area contributed by atoms with Crippen molar-refractivity contribution < 1.29 is 9.34 Å². The summed E-state index contributed by atoms with van der Waals surface area (Å²) in [6, 6.07) is 14.5. The molecule has 2 aromatic carbocycles. The van der Waals surface area contributed by atoms with Gasteiger partial charge in [0.15, 0.2) is 0 Å². The minimum atomic E-state index is -0.405. The molecule has 3 aromatic rings. The molecule has 0 amide bonds. The van der Waals surface area contributed by atoms with Gasteiger partial charge in [-0.3, -0.25) is 10.1 Å². The number of hydrogen-bond donors (Lipinski definition) is 1. The predicted octanol–water partition coefficient (Wildman–Crippen LogP) is 4.25. The first kappa shape index (κ1) is 19.1. The maximum Gasteiger partial charge on any atom is 0.277 e. The van der Waals surface area contributed by atoms with E-state index in [0.717, 1.165) is 30.6 Å². The van der Waals surface area contributed by atoms with Crippen molar-refractivity contribution in [1.82, 2.24) is 15.5 Å². The Balaban J connectivity index is 1.59. The minimum Gasteiger partial charge on any atom is -0.411 e. The second kappa shape index (κ2) is 9.29. The zero-order valence-corrected chi connectivity index (χ0v) is 15.4. The third-order valence-corrected chi connectivity index (χ3v) is 4.66. The Morgan fingerprint density at radius 2 is 1.96 bits per heavy atom. The molecule has 7 nitrogen and oxygen atoms in total. The Morgan fingerprint density at radius 3 is 2.70 bits per heavy atom. The average molecular weight is 383 g/mol. The van der Waals surface area contributed by atoms with Crippen LogP contribution in [0, 0.1) is 17.0 Å². The van der Waals surface area contributed by atoms with Crippen molar-refractivity contribution in [3.05, 3.63) is 76.7 Å². The molecule has 1 radical (unpaired) electrons. The van der Waals surface area contributed by atoms with Crippen molar-refractivity contribution in [2.75, 3.05) is 6.54 Å². The molecule has 1 aromatic heterocycles. The Bertz CT molecular complexity index is 896. The van der Waals surface area contributed by atoms with Gasteiger partial charge in [-0.05, 0) is 36.2 Å². The molecular formula is C19H19N4O3S. The number of nitro benzene ring substituents is 1. The highest BCUT2D eigenvalue weighted by Gasteiger charge is 2.11. The minimum absolute atomic E-state index is 0.0732. The molecule has 1 N–H and O–H groups in total. The average Bonchev–Trinajstić information content (AvgIpc) is 3.16. The largest absolute Gasteiger partial charge is 0.411 e. The van der Waals surface area contributed by atoms with E-state index in [2.05, 4.69) is 22.4 Å². The summed E-state index contributed by atoms with van der Waals surface area (Å²) in [5, 5.41) is 22.7. The molecular weight excluding hydrogens is 364 g/mol. The molecule has 0 bridgehead atoms. The molecule has 8 heteroatoms. The maximum absolute atomic E-state index is 10.8. The molecule has 3 rings (SSSR count). The van der Waals surface area contributed by atoms with Crippen molar-refractivity contribution in [3.8, 4) is 11.5 Å². The summed E-state index contributed by atoms with van der Waals surface area (Å²) < 4.78 is 5.69. The van der Waals surface area contributed by atoms with E-state index in [1.54, 1.807) is 12.1 Å². The summed E-state index contributed by atoms with van der Waals surface area (Å²) >= 11 is 1.35. The molecule has 0 saturated carbocycles. The lowest BCUT2D eigenvalue weighted by Crippen LogP contribution is -2.13. The lowest BCUT2D eigenvalue weighted by atomic mass is 10.1. The van der Waals surface area contributed by atoms with Gasteiger partial charge >= 0.3 is 0 Å². The van der Waals surface area contributed by atoms with Gasteiger partial charge in [-0.25, -0.2) is 0 Å². The summed E-state index contributed by atoms with van der Waals surface area (Å²) in [5.41, 5.74) is 2.93. The van der Waals surface area contributed by atoms with E-state index in [-0.39, 0.29) is 5.69 Å². The fraction of sp³-hybridized carbons (Fsp3) is 0.211. The van der Waals surface area contributed by atoms with Crippen LogP contribution in [0.5, 0.6) is 0 Å². The topological polar surface area (TPSA) is 94.1 Å². The highest BCUT2D eigenvalue weighted by atomic mass is 32.2. The van der Waals surface area contributed by atoms with E-state index in [4.69, 9.17) is 4.42 Å². The third-order valence-electron chi connectivity index (χ3n) is 3.77. The van der Waals surface area contributed by atoms with Gasteiger partial charge < -0.3 is 9.73 Å². The number of aromatic nitrogens is 2. The number of nitrogens with zero attached hydrogens (tertiary/aromatic N) is 3. The van der Waals surface area contributed by atoms with Crippen LogP contribution in [-0.4, -0.2) is 21.7 Å². The predicted molar refractivity (Wildman–Crippen MR) is 104 cm³/mol. The van der Waals surface area contributed by atoms with Gasteiger partial charge in [-0.15, -0.1) is 10.2 Å². The molecule has 0 fully saturated rings. The van der Waals surface area contributed by atoms with E-state index >= 15 is 0 Å². The van der Waals surface area contributed by atoms with Gasteiger partial charge in [-0.2, -0.15) is 0 Å². The van der Waals surface area contributed by atoms with Crippen molar-refractivity contribution in [1.29, 1.82) is 0 Å². The molecule has 0 saturated heterocycles. The molecule has 27 heavy (non-hydrogen) atoms. The number of thioether (sulfide) groups is 1. The van der Waals surface area contributed by atoms with Gasteiger partial charge in [0.2, 0.25) is 5.89 Å². The molecule has 0 aliphatic heterocycles. The summed E-state index contributed by atoms with van der Waals surface area (Å²) in [6.45, 7) is 5.48. The van der Waals surface area contributed by atoms with Gasteiger partial charge in [0.1, 0.15) is 0 Å². The standard InChI is InChI=1S/C19H19N4O3S/c1-2-10-20-12-14-6-8-16(9-7-14)18-21-22-19(26-18)27-13-15-4-3-5-17(11-15)23(24)25/h3-9,11,20H,1-2,10,12-13H2. The number of non-ortho nitro benzene ring substituents is 1. The normalized spacial score (nSPS) is 10.9. The summed E-state index contributed by atoms with van der Waals surface area (Å²) in [4.78, 5) is 10.4. The van der Waals surface area contributed by atoms with E-state index in [1.165, 1.54) is 23.4 Å². The van der Waals surface area contributed by atoms with Crippen LogP contribution in [0.3, 0.4) is 0 Å². The number of hydrogen-bond acceptors (Lipinski definition) is 7. The van der Waals surface area contributed by atoms with Crippen molar-refractivity contribution in [3.63, 3.8) is 0 Å². The van der Waals surface area contributed by atoms with Crippen LogP contribution in [0.25, 0.3) is 11.5 Å². The molecule has 0 spiro atoms. The van der Waals surface area contributed by atoms with Crippen molar-refractivity contribution >= 4 is 17.4 Å². The molecule has 1 heterocycles. The number of nitro groups is 1. The molecule has 0 unspecified atom stereocenters. The first-order valence-corrected chi connectivity index (χ1v) is 9.43. The summed E-state index contributed by atoms with van der Waals surface area (Å²) in [7, 11) is 0. The van der Waals surface area contributed by atoms with Crippen LogP contribution in [0.4, 0.5) is 5.69 Å². The van der Waals surface area contributed by atoms with E-state index in [1.807, 2.05) is 30.3 Å². The monoisotopic (exact) mass is 383 g/mol. The van der Waals surface area contributed by atoms with E-state index < -0.39 is 4.92 Å². The lowest BCUT2D eigenvalue weighted by molar-refractivity contribution is -0.384. The van der Waals surface area contributed by atoms with E-state index in [0.29, 0.717) is 16.9 Å². The molecule has 139 valence electrons. The van der Waals surface area contributed by atoms with Crippen LogP contribution in [0.1, 0.15) is 17.5 Å². The summed E-state index contributed by atoms with van der Waals surface area (Å²) in [5.74, 6) is 0.967. The fourth-order valence-corrected chi connectivity index (χ4v) is 3.12. The first-order chi connectivity index (χ1) is 13.2. The second-order valence-corrected chi connectivity index (χ2v) is 6.74. The van der Waals surface area contributed by atoms with Crippen molar-refractivity contribution in [2.24, 2.45) is 0 Å². The van der Waals surface area contributed by atoms with Gasteiger partial charge in [-0.1, -0.05) is 43.0 Å². The molecule has 0 aliphatic rings. The highest BCUT2D eigenvalue weighted by molar-refractivity contribution is 7.98. The SMILES string of the molecule is [CH2]CCNCc1ccc(-c2nnc(SCc3cccc([N+](=O)[O-])c3)o2)cc1. The van der Waals surface area contributed by atoms with Crippen LogP contribution >= 0.6 is 11.8 Å². The fourth-order valence-electron chi connectivity index (χ4n) is 2.41. The Hall–Kier alpha value is -2.71. The van der Waals surface area contributed by atoms with Crippen LogP contribution in [-0.2, 0) is 12.3 Å². The summed E-state index contributed by atoms with van der Waals surface area (Å²) in [6.07, 6.45) is 0.858. The van der Waals surface area contributed by atoms with Crippen molar-refractivity contribution in [2.45, 2.75) is 23.9 Å². The Kier molecular flexibility index (Phi) is 6.56. The van der Waals surface area contributed by atoms with Gasteiger partial charge in [0.25, 0.3) is 10.9 Å². The number of nitrogens with one attached hydrogen (secondary N) is 1. The highest BCUT2D eigenvalue weighted by Crippen LogP contribution is 2.27. The first-order valence-electron chi connectivity index (χ1n) is 8.44. The van der Waals surface area contributed by atoms with Gasteiger partial charge in [0, 0.05) is 30.0 Å². The maximum atomic E-state index is 10.8. The van der Waals surface area contributed by atoms with Crippen LogP contribution in [0.15, 0.2) is 58.2 Å². The smallest absolute Gasteiger partial charge is 0.277 e. The lowest BCUT2D eigenvalue weighted by Gasteiger charge is -2.03. The Labute approximate surface area is 161 Å². The molecule has 0 atom stereocenters. The number of benzene rings is 2. The van der Waals surface area contributed by atoms with Crippen LogP contribution < -0.4 is 5.32 Å². The second-order valence-electron chi connectivity index (χ2n) is 5.82. The number of rotatable bonds is 9. The zero-order valence-electron chi connectivity index (χ0n) is 14.6. The molecule has 0 aliphatic carbocycles. The Morgan fingerprint density at radius 1 is 1.15 bits per heavy atom. The van der Waals surface area contributed by atoms with E-state index in [9.17, 15) is 10.1 Å². The quantitative estimate of drug-likeness (QED) is 0.255. The third kappa shape index (κ3) is 5.38. The zero-order chi connectivity index (χ0) is 19.1. The van der Waals surface area contributed by atoms with Crippen LogP contribution in [0.2, 0.25) is 0 Å². The van der Waals surface area contributed by atoms with Gasteiger partial charge in [0.05, 0.1) is 4.92 Å².